The smallest absolute Gasteiger partial charge is 0.154 e. The van der Waals surface area contributed by atoms with Gasteiger partial charge in [0.15, 0.2) is 5.75 Å². The molecule has 0 saturated carbocycles. The number of rotatable bonds is 3. The van der Waals surface area contributed by atoms with E-state index in [1.165, 1.54) is 11.1 Å². The molecule has 1 atom stereocenters. The minimum Gasteiger partial charge on any atom is -0.488 e. The first-order chi connectivity index (χ1) is 14.6. The van der Waals surface area contributed by atoms with Crippen LogP contribution in [0.25, 0.3) is 22.4 Å². The average Bonchev–Trinajstić information content (AvgIpc) is 3.20. The monoisotopic (exact) mass is 400 g/mol. The number of H-pyrrole nitrogens is 1. The van der Waals surface area contributed by atoms with Gasteiger partial charge in [-0.2, -0.15) is 0 Å². The maximum atomic E-state index is 9.97. The minimum absolute atomic E-state index is 0.0255. The van der Waals surface area contributed by atoms with Crippen LogP contribution in [0, 0.1) is 20.8 Å². The molecule has 6 heteroatoms. The molecule has 4 aromatic rings. The summed E-state index contributed by atoms with van der Waals surface area (Å²) in [6, 6.07) is 14.0. The van der Waals surface area contributed by atoms with Crippen LogP contribution in [0.15, 0.2) is 48.7 Å². The number of aliphatic hydroxyl groups is 1. The second kappa shape index (κ2) is 7.15. The molecule has 2 N–H and O–H groups in total. The molecule has 1 aliphatic heterocycles. The Morgan fingerprint density at radius 1 is 1.13 bits per heavy atom. The lowest BCUT2D eigenvalue weighted by Gasteiger charge is -2.37. The number of aryl methyl sites for hydroxylation is 3. The molecular formula is C24H24N4O2. The van der Waals surface area contributed by atoms with Crippen LogP contribution in [0.1, 0.15) is 16.7 Å². The fourth-order valence-corrected chi connectivity index (χ4v) is 3.99. The van der Waals surface area contributed by atoms with E-state index in [2.05, 4.69) is 40.8 Å². The summed E-state index contributed by atoms with van der Waals surface area (Å²) in [5.41, 5.74) is 7.24. The van der Waals surface area contributed by atoms with E-state index in [-0.39, 0.29) is 12.6 Å². The summed E-state index contributed by atoms with van der Waals surface area (Å²) in [6.45, 7) is 6.54. The van der Waals surface area contributed by atoms with Crippen molar-refractivity contribution in [2.24, 2.45) is 0 Å². The number of hydrogen-bond acceptors (Lipinski definition) is 5. The van der Waals surface area contributed by atoms with Crippen LogP contribution in [0.2, 0.25) is 0 Å². The van der Waals surface area contributed by atoms with Gasteiger partial charge in [0.2, 0.25) is 0 Å². The van der Waals surface area contributed by atoms with Crippen LogP contribution < -0.4 is 9.64 Å². The van der Waals surface area contributed by atoms with E-state index in [4.69, 9.17) is 9.72 Å². The summed E-state index contributed by atoms with van der Waals surface area (Å²) in [4.78, 5) is 15.0. The molecule has 1 aliphatic rings. The second-order valence-corrected chi connectivity index (χ2v) is 7.85. The molecule has 30 heavy (non-hydrogen) atoms. The molecule has 0 bridgehead atoms. The lowest BCUT2D eigenvalue weighted by atomic mass is 10.1. The highest BCUT2D eigenvalue weighted by Crippen LogP contribution is 2.44. The summed E-state index contributed by atoms with van der Waals surface area (Å²) in [6.07, 6.45) is 1.84. The number of fused-ring (bicyclic) bond motifs is 2. The fourth-order valence-electron chi connectivity index (χ4n) is 3.99. The SMILES string of the molecule is Cc1ccc(N2c3cccc(-c4nc5c(C)c(C)ccc5[nH]4)c3OCC2CO)nc1. The number of aromatic nitrogens is 3. The highest BCUT2D eigenvalue weighted by molar-refractivity contribution is 5.86. The topological polar surface area (TPSA) is 74.3 Å². The van der Waals surface area contributed by atoms with Gasteiger partial charge in [-0.05, 0) is 61.7 Å². The zero-order valence-electron chi connectivity index (χ0n) is 17.3. The number of anilines is 2. The second-order valence-electron chi connectivity index (χ2n) is 7.85. The normalized spacial score (nSPS) is 15.9. The Morgan fingerprint density at radius 3 is 2.77 bits per heavy atom. The number of aromatic amines is 1. The van der Waals surface area contributed by atoms with Gasteiger partial charge in [-0.3, -0.25) is 0 Å². The number of nitrogens with zero attached hydrogens (tertiary/aromatic N) is 3. The number of nitrogens with one attached hydrogen (secondary N) is 1. The molecule has 3 heterocycles. The van der Waals surface area contributed by atoms with Crippen LogP contribution in [0.5, 0.6) is 5.75 Å². The third-order valence-corrected chi connectivity index (χ3v) is 5.83. The van der Waals surface area contributed by atoms with E-state index in [0.717, 1.165) is 45.2 Å². The fraction of sp³-hybridized carbons (Fsp3) is 0.250. The molecule has 0 saturated heterocycles. The molecule has 2 aromatic carbocycles. The quantitative estimate of drug-likeness (QED) is 0.532. The number of hydrogen-bond donors (Lipinski definition) is 2. The van der Waals surface area contributed by atoms with E-state index in [9.17, 15) is 5.11 Å². The Bertz CT molecular complexity index is 1230. The van der Waals surface area contributed by atoms with Crippen molar-refractivity contribution < 1.29 is 9.84 Å². The van der Waals surface area contributed by atoms with Gasteiger partial charge in [0.1, 0.15) is 18.2 Å². The van der Waals surface area contributed by atoms with Gasteiger partial charge in [0.25, 0.3) is 0 Å². The molecule has 0 amide bonds. The standard InChI is InChI=1S/C24H24N4O2/c1-14-7-10-21(25-11-14)28-17(12-29)13-30-23-18(5-4-6-20(23)28)24-26-19-9-8-15(2)16(3)22(19)27-24/h4-11,17,29H,12-13H2,1-3H3,(H,26,27). The van der Waals surface area contributed by atoms with Gasteiger partial charge in [0.05, 0.1) is 34.9 Å². The van der Waals surface area contributed by atoms with Gasteiger partial charge < -0.3 is 19.7 Å². The number of imidazole rings is 1. The van der Waals surface area contributed by atoms with E-state index in [1.54, 1.807) is 0 Å². The summed E-state index contributed by atoms with van der Waals surface area (Å²) in [5, 5.41) is 9.97. The molecule has 0 aliphatic carbocycles. The molecule has 1 unspecified atom stereocenters. The number of ether oxygens (including phenoxy) is 1. The predicted octanol–water partition coefficient (Wildman–Crippen LogP) is 4.44. The summed E-state index contributed by atoms with van der Waals surface area (Å²) < 4.78 is 6.15. The number of para-hydroxylation sites is 1. The summed E-state index contributed by atoms with van der Waals surface area (Å²) in [5.74, 6) is 2.31. The highest BCUT2D eigenvalue weighted by Gasteiger charge is 2.31. The molecule has 2 aromatic heterocycles. The van der Waals surface area contributed by atoms with Crippen molar-refractivity contribution in [3.8, 4) is 17.1 Å². The first kappa shape index (κ1) is 18.6. The van der Waals surface area contributed by atoms with Crippen LogP contribution in [0.3, 0.4) is 0 Å². The largest absolute Gasteiger partial charge is 0.488 e. The van der Waals surface area contributed by atoms with Crippen LogP contribution in [-0.2, 0) is 0 Å². The minimum atomic E-state index is -0.205. The predicted molar refractivity (Wildman–Crippen MR) is 118 cm³/mol. The van der Waals surface area contributed by atoms with Gasteiger partial charge in [-0.15, -0.1) is 0 Å². The van der Waals surface area contributed by atoms with Crippen LogP contribution >= 0.6 is 0 Å². The average molecular weight is 400 g/mol. The lowest BCUT2D eigenvalue weighted by molar-refractivity contribution is 0.195. The molecular weight excluding hydrogens is 376 g/mol. The van der Waals surface area contributed by atoms with Gasteiger partial charge in [0, 0.05) is 6.20 Å². The molecule has 0 spiro atoms. The maximum Gasteiger partial charge on any atom is 0.154 e. The van der Waals surface area contributed by atoms with Crippen molar-refractivity contribution in [1.82, 2.24) is 15.0 Å². The van der Waals surface area contributed by atoms with Crippen LogP contribution in [-0.4, -0.2) is 39.3 Å². The van der Waals surface area contributed by atoms with Crippen molar-refractivity contribution in [1.29, 1.82) is 0 Å². The van der Waals surface area contributed by atoms with E-state index < -0.39 is 0 Å². The third-order valence-electron chi connectivity index (χ3n) is 5.83. The van der Waals surface area contributed by atoms with Crippen molar-refractivity contribution in [3.63, 3.8) is 0 Å². The zero-order valence-corrected chi connectivity index (χ0v) is 17.3. The molecule has 5 rings (SSSR count). The van der Waals surface area contributed by atoms with E-state index in [0.29, 0.717) is 6.61 Å². The Morgan fingerprint density at radius 2 is 2.00 bits per heavy atom. The highest BCUT2D eigenvalue weighted by atomic mass is 16.5. The molecule has 0 radical (unpaired) electrons. The van der Waals surface area contributed by atoms with Crippen molar-refractivity contribution in [2.75, 3.05) is 18.1 Å². The Labute approximate surface area is 175 Å². The number of pyridine rings is 1. The van der Waals surface area contributed by atoms with Gasteiger partial charge in [-0.25, -0.2) is 9.97 Å². The number of benzene rings is 2. The molecule has 0 fully saturated rings. The number of aliphatic hydroxyl groups excluding tert-OH is 1. The maximum absolute atomic E-state index is 9.97. The first-order valence-corrected chi connectivity index (χ1v) is 10.1. The van der Waals surface area contributed by atoms with Crippen LogP contribution in [0.4, 0.5) is 11.5 Å². The third kappa shape index (κ3) is 2.92. The zero-order chi connectivity index (χ0) is 20.8. The van der Waals surface area contributed by atoms with E-state index in [1.807, 2.05) is 43.5 Å². The molecule has 6 nitrogen and oxygen atoms in total. The van der Waals surface area contributed by atoms with Gasteiger partial charge >= 0.3 is 0 Å². The summed E-state index contributed by atoms with van der Waals surface area (Å²) in [7, 11) is 0. The van der Waals surface area contributed by atoms with Crippen molar-refractivity contribution in [2.45, 2.75) is 26.8 Å². The summed E-state index contributed by atoms with van der Waals surface area (Å²) >= 11 is 0. The Hall–Kier alpha value is -3.38. The lowest BCUT2D eigenvalue weighted by Crippen LogP contribution is -2.43. The Kier molecular flexibility index (Phi) is 4.44. The van der Waals surface area contributed by atoms with Crippen molar-refractivity contribution in [3.05, 3.63) is 65.4 Å². The van der Waals surface area contributed by atoms with Gasteiger partial charge in [-0.1, -0.05) is 18.2 Å². The molecule has 152 valence electrons. The first-order valence-electron chi connectivity index (χ1n) is 10.1. The Balaban J connectivity index is 1.66. The van der Waals surface area contributed by atoms with Crippen molar-refractivity contribution >= 4 is 22.5 Å². The van der Waals surface area contributed by atoms with E-state index >= 15 is 0 Å².